The van der Waals surface area contributed by atoms with E-state index in [4.69, 9.17) is 5.11 Å². The number of hydrogen-bond acceptors (Lipinski definition) is 4. The largest absolute Gasteiger partial charge is 0.392 e. The summed E-state index contributed by atoms with van der Waals surface area (Å²) in [5.74, 6) is 0.639. The molecule has 0 spiro atoms. The molecule has 0 aliphatic carbocycles. The van der Waals surface area contributed by atoms with Crippen LogP contribution in [-0.2, 0) is 0 Å². The number of nitrogens with zero attached hydrogens (tertiary/aromatic N) is 2. The molecular formula is C8H13N3O2. The second-order valence-corrected chi connectivity index (χ2v) is 3.01. The smallest absolute Gasteiger partial charge is 0.264 e. The summed E-state index contributed by atoms with van der Waals surface area (Å²) in [7, 11) is 1.80. The number of anilines is 1. The monoisotopic (exact) mass is 183 g/mol. The maximum atomic E-state index is 10.7. The fourth-order valence-electron chi connectivity index (χ4n) is 1.04. The van der Waals surface area contributed by atoms with Crippen molar-refractivity contribution in [2.24, 2.45) is 0 Å². The van der Waals surface area contributed by atoms with Crippen molar-refractivity contribution in [3.8, 4) is 0 Å². The Morgan fingerprint density at radius 1 is 1.69 bits per heavy atom. The van der Waals surface area contributed by atoms with Crippen LogP contribution >= 0.6 is 0 Å². The Kier molecular flexibility index (Phi) is 3.02. The number of rotatable bonds is 3. The van der Waals surface area contributed by atoms with Crippen molar-refractivity contribution < 1.29 is 5.11 Å². The minimum atomic E-state index is -0.418. The SMILES string of the molecule is CC(O)CN(C)c1ccc(=O)[nH]n1. The van der Waals surface area contributed by atoms with Gasteiger partial charge < -0.3 is 10.0 Å². The second kappa shape index (κ2) is 4.04. The van der Waals surface area contributed by atoms with E-state index in [0.717, 1.165) is 0 Å². The van der Waals surface area contributed by atoms with Gasteiger partial charge in [0.05, 0.1) is 6.10 Å². The molecule has 1 atom stereocenters. The molecule has 0 bridgehead atoms. The van der Waals surface area contributed by atoms with Gasteiger partial charge in [0.1, 0.15) is 5.82 Å². The molecule has 0 aliphatic rings. The van der Waals surface area contributed by atoms with Gasteiger partial charge in [0, 0.05) is 19.7 Å². The van der Waals surface area contributed by atoms with E-state index in [1.54, 1.807) is 24.9 Å². The Hall–Kier alpha value is -1.36. The van der Waals surface area contributed by atoms with E-state index >= 15 is 0 Å². The number of aliphatic hydroxyl groups excluding tert-OH is 1. The first kappa shape index (κ1) is 9.73. The lowest BCUT2D eigenvalue weighted by Gasteiger charge is -2.18. The third-order valence-corrected chi connectivity index (χ3v) is 1.59. The summed E-state index contributed by atoms with van der Waals surface area (Å²) in [6, 6.07) is 3.02. The van der Waals surface area contributed by atoms with Crippen LogP contribution in [0.2, 0.25) is 0 Å². The summed E-state index contributed by atoms with van der Waals surface area (Å²) in [5, 5.41) is 15.2. The Morgan fingerprint density at radius 2 is 2.38 bits per heavy atom. The molecule has 1 unspecified atom stereocenters. The number of aromatic amines is 1. The van der Waals surface area contributed by atoms with E-state index in [-0.39, 0.29) is 5.56 Å². The first-order valence-corrected chi connectivity index (χ1v) is 4.04. The van der Waals surface area contributed by atoms with Crippen LogP contribution in [0.25, 0.3) is 0 Å². The summed E-state index contributed by atoms with van der Waals surface area (Å²) in [6.45, 7) is 2.18. The topological polar surface area (TPSA) is 69.2 Å². The molecule has 1 rings (SSSR count). The first-order chi connectivity index (χ1) is 6.09. The highest BCUT2D eigenvalue weighted by Gasteiger charge is 2.04. The van der Waals surface area contributed by atoms with Crippen LogP contribution < -0.4 is 10.5 Å². The van der Waals surface area contributed by atoms with Crippen molar-refractivity contribution in [1.29, 1.82) is 0 Å². The maximum absolute atomic E-state index is 10.7. The van der Waals surface area contributed by atoms with Gasteiger partial charge in [-0.15, -0.1) is 0 Å². The zero-order valence-corrected chi connectivity index (χ0v) is 7.69. The van der Waals surface area contributed by atoms with Gasteiger partial charge in [-0.3, -0.25) is 4.79 Å². The average molecular weight is 183 g/mol. The molecule has 1 aromatic rings. The normalized spacial score (nSPS) is 12.5. The third-order valence-electron chi connectivity index (χ3n) is 1.59. The van der Waals surface area contributed by atoms with Gasteiger partial charge in [-0.05, 0) is 13.0 Å². The molecule has 0 aromatic carbocycles. The molecule has 0 saturated carbocycles. The number of aromatic nitrogens is 2. The lowest BCUT2D eigenvalue weighted by atomic mass is 10.3. The third kappa shape index (κ3) is 2.87. The summed E-state index contributed by atoms with van der Waals surface area (Å²) in [6.07, 6.45) is -0.418. The van der Waals surface area contributed by atoms with Gasteiger partial charge >= 0.3 is 0 Å². The predicted octanol–water partition coefficient (Wildman–Crippen LogP) is -0.413. The zero-order chi connectivity index (χ0) is 9.84. The summed E-state index contributed by atoms with van der Waals surface area (Å²) in [5.41, 5.74) is -0.228. The van der Waals surface area contributed by atoms with Gasteiger partial charge in [-0.2, -0.15) is 5.10 Å². The molecule has 0 radical (unpaired) electrons. The summed E-state index contributed by atoms with van der Waals surface area (Å²) >= 11 is 0. The number of hydrogen-bond donors (Lipinski definition) is 2. The zero-order valence-electron chi connectivity index (χ0n) is 7.69. The molecule has 5 nitrogen and oxygen atoms in total. The standard InChI is InChI=1S/C8H13N3O2/c1-6(12)5-11(2)7-3-4-8(13)10-9-7/h3-4,6,12H,5H2,1-2H3,(H,10,13). The van der Waals surface area contributed by atoms with Gasteiger partial charge in [0.25, 0.3) is 5.56 Å². The summed E-state index contributed by atoms with van der Waals surface area (Å²) in [4.78, 5) is 12.4. The number of H-pyrrole nitrogens is 1. The molecule has 0 saturated heterocycles. The van der Waals surface area contributed by atoms with Crippen LogP contribution in [0.3, 0.4) is 0 Å². The van der Waals surface area contributed by atoms with Crippen molar-refractivity contribution in [2.45, 2.75) is 13.0 Å². The van der Waals surface area contributed by atoms with Crippen LogP contribution in [-0.4, -0.2) is 35.0 Å². The van der Waals surface area contributed by atoms with E-state index < -0.39 is 6.10 Å². The van der Waals surface area contributed by atoms with Crippen LogP contribution in [0.1, 0.15) is 6.92 Å². The summed E-state index contributed by atoms with van der Waals surface area (Å²) < 4.78 is 0. The van der Waals surface area contributed by atoms with Crippen LogP contribution in [0.5, 0.6) is 0 Å². The quantitative estimate of drug-likeness (QED) is 0.668. The van der Waals surface area contributed by atoms with Gasteiger partial charge in [-0.1, -0.05) is 0 Å². The van der Waals surface area contributed by atoms with Crippen molar-refractivity contribution in [2.75, 3.05) is 18.5 Å². The van der Waals surface area contributed by atoms with E-state index in [1.807, 2.05) is 0 Å². The van der Waals surface area contributed by atoms with E-state index in [9.17, 15) is 4.79 Å². The van der Waals surface area contributed by atoms with Crippen molar-refractivity contribution in [3.63, 3.8) is 0 Å². The molecule has 0 fully saturated rings. The van der Waals surface area contributed by atoms with Gasteiger partial charge in [-0.25, -0.2) is 5.10 Å². The van der Waals surface area contributed by atoms with E-state index in [0.29, 0.717) is 12.4 Å². The molecule has 0 amide bonds. The van der Waals surface area contributed by atoms with Crippen molar-refractivity contribution in [1.82, 2.24) is 10.2 Å². The molecule has 72 valence electrons. The van der Waals surface area contributed by atoms with Crippen molar-refractivity contribution >= 4 is 5.82 Å². The minimum Gasteiger partial charge on any atom is -0.392 e. The van der Waals surface area contributed by atoms with Crippen LogP contribution in [0.15, 0.2) is 16.9 Å². The molecule has 13 heavy (non-hydrogen) atoms. The number of likely N-dealkylation sites (N-methyl/N-ethyl adjacent to an activating group) is 1. The van der Waals surface area contributed by atoms with Crippen LogP contribution in [0, 0.1) is 0 Å². The molecule has 1 aromatic heterocycles. The number of aliphatic hydroxyl groups is 1. The Bertz CT molecular complexity index is 301. The Morgan fingerprint density at radius 3 is 2.85 bits per heavy atom. The first-order valence-electron chi connectivity index (χ1n) is 4.04. The highest BCUT2D eigenvalue weighted by molar-refractivity contribution is 5.34. The lowest BCUT2D eigenvalue weighted by molar-refractivity contribution is 0.201. The van der Waals surface area contributed by atoms with Crippen LogP contribution in [0.4, 0.5) is 5.82 Å². The average Bonchev–Trinajstić information content (AvgIpc) is 2.04. The molecule has 5 heteroatoms. The number of nitrogens with one attached hydrogen (secondary N) is 1. The highest BCUT2D eigenvalue weighted by Crippen LogP contribution is 2.03. The predicted molar refractivity (Wildman–Crippen MR) is 49.8 cm³/mol. The maximum Gasteiger partial charge on any atom is 0.264 e. The van der Waals surface area contributed by atoms with E-state index in [2.05, 4.69) is 10.2 Å². The fourth-order valence-corrected chi connectivity index (χ4v) is 1.04. The van der Waals surface area contributed by atoms with Crippen molar-refractivity contribution in [3.05, 3.63) is 22.5 Å². The molecule has 0 aliphatic heterocycles. The van der Waals surface area contributed by atoms with Gasteiger partial charge in [0.2, 0.25) is 0 Å². The van der Waals surface area contributed by atoms with Gasteiger partial charge in [0.15, 0.2) is 0 Å². The Balaban J connectivity index is 2.71. The lowest BCUT2D eigenvalue weighted by Crippen LogP contribution is -2.28. The molecule has 2 N–H and O–H groups in total. The van der Waals surface area contributed by atoms with E-state index in [1.165, 1.54) is 6.07 Å². The minimum absolute atomic E-state index is 0.228. The second-order valence-electron chi connectivity index (χ2n) is 3.01. The fraction of sp³-hybridized carbons (Fsp3) is 0.500. The molecular weight excluding hydrogens is 170 g/mol. The Labute approximate surface area is 76.0 Å². The molecule has 1 heterocycles. The highest BCUT2D eigenvalue weighted by atomic mass is 16.3.